The van der Waals surface area contributed by atoms with Gasteiger partial charge in [0.25, 0.3) is 0 Å². The number of rotatable bonds is 4. The van der Waals surface area contributed by atoms with E-state index in [9.17, 15) is 19.5 Å². The minimum atomic E-state index is -1.03. The summed E-state index contributed by atoms with van der Waals surface area (Å²) in [5, 5.41) is 10.5. The zero-order valence-corrected chi connectivity index (χ0v) is 14.1. The van der Waals surface area contributed by atoms with Gasteiger partial charge in [-0.2, -0.15) is 0 Å². The number of aryl methyl sites for hydroxylation is 1. The van der Waals surface area contributed by atoms with Crippen LogP contribution in [0.5, 0.6) is 5.75 Å². The number of carbonyl (C=O) groups is 1. The Morgan fingerprint density at radius 2 is 2.00 bits per heavy atom. The number of fused-ring (bicyclic) bond motifs is 1. The van der Waals surface area contributed by atoms with E-state index in [0.717, 1.165) is 6.07 Å². The van der Waals surface area contributed by atoms with Crippen molar-refractivity contribution in [3.8, 4) is 5.75 Å². The lowest BCUT2D eigenvalue weighted by Crippen LogP contribution is -2.19. The number of hydrogen-bond donors (Lipinski definition) is 1. The normalized spacial score (nSPS) is 12.1. The molecule has 1 atom stereocenters. The highest BCUT2D eigenvalue weighted by atomic mass is 16.5. The van der Waals surface area contributed by atoms with Crippen LogP contribution >= 0.6 is 0 Å². The van der Waals surface area contributed by atoms with E-state index in [1.165, 1.54) is 20.3 Å². The van der Waals surface area contributed by atoms with Crippen molar-refractivity contribution in [2.75, 3.05) is 7.11 Å². The molecular weight excluding hydrogens is 340 g/mol. The maximum atomic E-state index is 12.9. The van der Waals surface area contributed by atoms with Crippen molar-refractivity contribution in [1.29, 1.82) is 0 Å². The van der Waals surface area contributed by atoms with Gasteiger partial charge in [0.2, 0.25) is 11.2 Å². The molecule has 0 aliphatic carbocycles. The monoisotopic (exact) mass is 356 g/mol. The Morgan fingerprint density at radius 1 is 1.27 bits per heavy atom. The molecule has 1 aromatic carbocycles. The molecule has 2 heterocycles. The quantitative estimate of drug-likeness (QED) is 0.716. The molecule has 0 saturated heterocycles. The Morgan fingerprint density at radius 3 is 2.73 bits per heavy atom. The van der Waals surface area contributed by atoms with Crippen molar-refractivity contribution in [1.82, 2.24) is 0 Å². The van der Waals surface area contributed by atoms with E-state index in [0.29, 0.717) is 11.0 Å². The van der Waals surface area contributed by atoms with E-state index in [2.05, 4.69) is 4.74 Å². The van der Waals surface area contributed by atoms with Gasteiger partial charge in [0.1, 0.15) is 11.3 Å². The molecule has 3 aromatic rings. The third-order valence-electron chi connectivity index (χ3n) is 4.07. The van der Waals surface area contributed by atoms with Crippen molar-refractivity contribution in [3.05, 3.63) is 74.1 Å². The van der Waals surface area contributed by atoms with Crippen LogP contribution in [-0.2, 0) is 9.53 Å². The van der Waals surface area contributed by atoms with E-state index < -0.39 is 23.1 Å². The van der Waals surface area contributed by atoms with Crippen molar-refractivity contribution in [2.24, 2.45) is 0 Å². The summed E-state index contributed by atoms with van der Waals surface area (Å²) in [6.45, 7) is 1.53. The van der Waals surface area contributed by atoms with Crippen LogP contribution in [0.15, 0.2) is 55.0 Å². The predicted molar refractivity (Wildman–Crippen MR) is 92.3 cm³/mol. The smallest absolute Gasteiger partial charge is 0.306 e. The van der Waals surface area contributed by atoms with Crippen LogP contribution in [0.3, 0.4) is 0 Å². The highest BCUT2D eigenvalue weighted by molar-refractivity contribution is 5.77. The molecule has 7 heteroatoms. The average Bonchev–Trinajstić information content (AvgIpc) is 2.63. The second-order valence-electron chi connectivity index (χ2n) is 5.78. The fourth-order valence-corrected chi connectivity index (χ4v) is 2.79. The van der Waals surface area contributed by atoms with Crippen molar-refractivity contribution in [2.45, 2.75) is 19.3 Å². The number of esters is 1. The molecule has 3 rings (SSSR count). The van der Waals surface area contributed by atoms with Crippen molar-refractivity contribution in [3.63, 3.8) is 0 Å². The highest BCUT2D eigenvalue weighted by Crippen LogP contribution is 2.32. The maximum Gasteiger partial charge on any atom is 0.306 e. The Balaban J connectivity index is 2.26. The van der Waals surface area contributed by atoms with Gasteiger partial charge in [0.15, 0.2) is 11.2 Å². The molecule has 0 aliphatic heterocycles. The number of methoxy groups -OCH3 is 1. The van der Waals surface area contributed by atoms with Crippen LogP contribution in [-0.4, -0.2) is 18.2 Å². The number of ether oxygens (including phenoxy) is 1. The van der Waals surface area contributed by atoms with Crippen LogP contribution in [0.4, 0.5) is 0 Å². The Bertz CT molecular complexity index is 1090. The fourth-order valence-electron chi connectivity index (χ4n) is 2.79. The average molecular weight is 356 g/mol. The first kappa shape index (κ1) is 17.5. The Hall–Kier alpha value is -3.35. The van der Waals surface area contributed by atoms with Crippen LogP contribution in [0.2, 0.25) is 0 Å². The standard InChI is InChI=1S/C19H16O7/c1-10-7-14(20)18(23)19(26-10)12(8-16(21)24-2)13-9-25-15-6-4-3-5-11(15)17(13)22/h3-7,9,12,23H,8H2,1-2H3/t12-/m1/s1. The molecule has 0 spiro atoms. The summed E-state index contributed by atoms with van der Waals surface area (Å²) in [7, 11) is 1.20. The summed E-state index contributed by atoms with van der Waals surface area (Å²) in [5.74, 6) is -2.26. The minimum Gasteiger partial charge on any atom is -0.502 e. The van der Waals surface area contributed by atoms with Crippen LogP contribution < -0.4 is 10.9 Å². The van der Waals surface area contributed by atoms with E-state index in [-0.39, 0.29) is 28.9 Å². The molecule has 2 aromatic heterocycles. The van der Waals surface area contributed by atoms with Gasteiger partial charge in [-0.25, -0.2) is 0 Å². The number of hydrogen-bond acceptors (Lipinski definition) is 7. The van der Waals surface area contributed by atoms with Gasteiger partial charge in [-0.05, 0) is 19.1 Å². The van der Waals surface area contributed by atoms with Crippen LogP contribution in [0, 0.1) is 6.92 Å². The minimum absolute atomic E-state index is 0.0816. The van der Waals surface area contributed by atoms with Crippen molar-refractivity contribution >= 4 is 16.9 Å². The second-order valence-corrected chi connectivity index (χ2v) is 5.78. The molecule has 0 saturated carbocycles. The lowest BCUT2D eigenvalue weighted by Gasteiger charge is -2.16. The molecule has 134 valence electrons. The molecule has 0 unspecified atom stereocenters. The number of carbonyl (C=O) groups excluding carboxylic acids is 1. The molecule has 7 nitrogen and oxygen atoms in total. The first-order valence-corrected chi connectivity index (χ1v) is 7.83. The topological polar surface area (TPSA) is 107 Å². The maximum absolute atomic E-state index is 12.9. The van der Waals surface area contributed by atoms with Crippen LogP contribution in [0.1, 0.15) is 29.4 Å². The lowest BCUT2D eigenvalue weighted by atomic mass is 9.92. The van der Waals surface area contributed by atoms with E-state index in [1.807, 2.05) is 0 Å². The van der Waals surface area contributed by atoms with Gasteiger partial charge in [0.05, 0.1) is 31.1 Å². The summed E-state index contributed by atoms with van der Waals surface area (Å²) in [5.41, 5.74) is -0.584. The zero-order chi connectivity index (χ0) is 18.8. The molecule has 0 radical (unpaired) electrons. The third-order valence-corrected chi connectivity index (χ3v) is 4.07. The number of benzene rings is 1. The van der Waals surface area contributed by atoms with Gasteiger partial charge in [-0.15, -0.1) is 0 Å². The van der Waals surface area contributed by atoms with Gasteiger partial charge in [0, 0.05) is 11.6 Å². The summed E-state index contributed by atoms with van der Waals surface area (Å²) in [6, 6.07) is 7.76. The molecule has 0 aliphatic rings. The van der Waals surface area contributed by atoms with Crippen molar-refractivity contribution < 1.29 is 23.5 Å². The van der Waals surface area contributed by atoms with E-state index >= 15 is 0 Å². The Labute approximate surface area is 147 Å². The summed E-state index contributed by atoms with van der Waals surface area (Å²) in [4.78, 5) is 36.7. The van der Waals surface area contributed by atoms with Gasteiger partial charge < -0.3 is 18.7 Å². The second kappa shape index (κ2) is 6.87. The molecule has 0 bridgehead atoms. The first-order valence-electron chi connectivity index (χ1n) is 7.83. The fraction of sp³-hybridized carbons (Fsp3) is 0.211. The highest BCUT2D eigenvalue weighted by Gasteiger charge is 2.29. The van der Waals surface area contributed by atoms with Crippen LogP contribution in [0.25, 0.3) is 11.0 Å². The number of aromatic hydroxyl groups is 1. The molecule has 26 heavy (non-hydrogen) atoms. The third kappa shape index (κ3) is 3.11. The first-order chi connectivity index (χ1) is 12.4. The predicted octanol–water partition coefficient (Wildman–Crippen LogP) is 2.46. The number of para-hydroxylation sites is 1. The van der Waals surface area contributed by atoms with E-state index in [4.69, 9.17) is 8.83 Å². The summed E-state index contributed by atoms with van der Waals surface area (Å²) in [6.07, 6.45) is 0.902. The summed E-state index contributed by atoms with van der Waals surface area (Å²) >= 11 is 0. The van der Waals surface area contributed by atoms with Gasteiger partial charge in [-0.3, -0.25) is 14.4 Å². The molecule has 0 amide bonds. The summed E-state index contributed by atoms with van der Waals surface area (Å²) < 4.78 is 15.6. The lowest BCUT2D eigenvalue weighted by molar-refractivity contribution is -0.140. The Kier molecular flexibility index (Phi) is 4.62. The SMILES string of the molecule is COC(=O)C[C@@H](c1oc(C)cc(=O)c1O)c1coc2ccccc2c1=O. The zero-order valence-electron chi connectivity index (χ0n) is 14.1. The molecule has 1 N–H and O–H groups in total. The van der Waals surface area contributed by atoms with Gasteiger partial charge in [-0.1, -0.05) is 12.1 Å². The van der Waals surface area contributed by atoms with Gasteiger partial charge >= 0.3 is 5.97 Å². The molecular formula is C19H16O7. The molecule has 0 fully saturated rings. The van der Waals surface area contributed by atoms with E-state index in [1.54, 1.807) is 24.3 Å². The largest absolute Gasteiger partial charge is 0.502 e.